The van der Waals surface area contributed by atoms with Gasteiger partial charge in [-0.2, -0.15) is 4.99 Å². The summed E-state index contributed by atoms with van der Waals surface area (Å²) in [5, 5.41) is 4.45. The number of para-hydroxylation sites is 1. The molecular weight excluding hydrogens is 226 g/mol. The highest BCUT2D eigenvalue weighted by molar-refractivity contribution is 5.77. The minimum absolute atomic E-state index is 0.526. The summed E-state index contributed by atoms with van der Waals surface area (Å²) < 4.78 is 5.80. The molecule has 18 heavy (non-hydrogen) atoms. The van der Waals surface area contributed by atoms with Gasteiger partial charge in [-0.1, -0.05) is 24.6 Å². The molecule has 0 amide bonds. The Morgan fingerprint density at radius 3 is 2.89 bits per heavy atom. The molecule has 1 unspecified atom stereocenters. The Morgan fingerprint density at radius 2 is 2.06 bits per heavy atom. The second-order valence-electron chi connectivity index (χ2n) is 4.88. The summed E-state index contributed by atoms with van der Waals surface area (Å²) in [4.78, 5) is 4.57. The average molecular weight is 245 g/mol. The summed E-state index contributed by atoms with van der Waals surface area (Å²) in [6, 6.07) is 11.2. The molecule has 0 aromatic heterocycles. The van der Waals surface area contributed by atoms with Crippen LogP contribution in [0, 0.1) is 0 Å². The molecule has 1 aromatic carbocycles. The molecule has 2 aliphatic heterocycles. The first-order chi connectivity index (χ1) is 8.84. The summed E-state index contributed by atoms with van der Waals surface area (Å²) in [6.45, 7) is 1.87. The summed E-state index contributed by atoms with van der Waals surface area (Å²) in [6.07, 6.45) is 3.80. The fourth-order valence-electron chi connectivity index (χ4n) is 2.64. The second kappa shape index (κ2) is 4.98. The zero-order chi connectivity index (χ0) is 12.4. The van der Waals surface area contributed by atoms with Crippen LogP contribution in [0.15, 0.2) is 35.3 Å². The van der Waals surface area contributed by atoms with Crippen LogP contribution >= 0.6 is 0 Å². The zero-order valence-corrected chi connectivity index (χ0v) is 10.7. The molecule has 96 valence electrons. The van der Waals surface area contributed by atoms with E-state index in [1.165, 1.54) is 19.3 Å². The lowest BCUT2D eigenvalue weighted by atomic mass is 10.0. The van der Waals surface area contributed by atoms with Gasteiger partial charge in [0.05, 0.1) is 11.7 Å². The SMILES string of the molecule is CN1C(=Nc2ccccc2)OCC2CCCCN21. The standard InChI is InChI=1S/C14H19N3O/c1-16-14(15-12-7-3-2-4-8-12)18-11-13-9-5-6-10-17(13)16/h2-4,7-8,13H,5-6,9-11H2,1H3. The number of hydrazine groups is 1. The molecule has 1 atom stereocenters. The predicted octanol–water partition coefficient (Wildman–Crippen LogP) is 2.41. The Labute approximate surface area is 108 Å². The lowest BCUT2D eigenvalue weighted by Crippen LogP contribution is -2.58. The molecule has 4 nitrogen and oxygen atoms in total. The molecule has 2 fully saturated rings. The third kappa shape index (κ3) is 2.20. The van der Waals surface area contributed by atoms with Crippen molar-refractivity contribution in [3.05, 3.63) is 30.3 Å². The molecule has 2 aliphatic rings. The molecule has 0 saturated carbocycles. The average Bonchev–Trinajstić information content (AvgIpc) is 2.43. The van der Waals surface area contributed by atoms with Gasteiger partial charge in [-0.05, 0) is 25.0 Å². The first-order valence-corrected chi connectivity index (χ1v) is 6.61. The number of hydrogen-bond donors (Lipinski definition) is 0. The Balaban J connectivity index is 1.80. The minimum atomic E-state index is 0.526. The van der Waals surface area contributed by atoms with Crippen LogP contribution in [-0.4, -0.2) is 42.3 Å². The van der Waals surface area contributed by atoms with Crippen molar-refractivity contribution in [2.45, 2.75) is 25.3 Å². The van der Waals surface area contributed by atoms with Crippen LogP contribution < -0.4 is 0 Å². The first kappa shape index (κ1) is 11.5. The molecule has 0 radical (unpaired) electrons. The number of fused-ring (bicyclic) bond motifs is 1. The highest BCUT2D eigenvalue weighted by atomic mass is 16.5. The van der Waals surface area contributed by atoms with E-state index in [0.29, 0.717) is 12.1 Å². The molecule has 0 bridgehead atoms. The molecule has 0 N–H and O–H groups in total. The first-order valence-electron chi connectivity index (χ1n) is 6.61. The molecule has 1 aromatic rings. The van der Waals surface area contributed by atoms with Gasteiger partial charge in [0.25, 0.3) is 0 Å². The minimum Gasteiger partial charge on any atom is -0.462 e. The van der Waals surface area contributed by atoms with Crippen molar-refractivity contribution >= 4 is 11.7 Å². The number of aliphatic imine (C=N–C) groups is 1. The molecular formula is C14H19N3O. The van der Waals surface area contributed by atoms with Crippen molar-refractivity contribution in [3.63, 3.8) is 0 Å². The quantitative estimate of drug-likeness (QED) is 0.760. The number of hydrogen-bond acceptors (Lipinski definition) is 3. The van der Waals surface area contributed by atoms with E-state index in [4.69, 9.17) is 4.74 Å². The van der Waals surface area contributed by atoms with Gasteiger partial charge < -0.3 is 4.74 Å². The smallest absolute Gasteiger partial charge is 0.307 e. The van der Waals surface area contributed by atoms with Gasteiger partial charge in [0.15, 0.2) is 0 Å². The number of piperidine rings is 1. The molecule has 0 aliphatic carbocycles. The van der Waals surface area contributed by atoms with Crippen molar-refractivity contribution in [3.8, 4) is 0 Å². The van der Waals surface area contributed by atoms with Gasteiger partial charge >= 0.3 is 6.02 Å². The van der Waals surface area contributed by atoms with Crippen LogP contribution in [0.4, 0.5) is 5.69 Å². The van der Waals surface area contributed by atoms with Crippen LogP contribution in [0.3, 0.4) is 0 Å². The highest BCUT2D eigenvalue weighted by Crippen LogP contribution is 2.24. The number of nitrogens with zero attached hydrogens (tertiary/aromatic N) is 3. The summed E-state index contributed by atoms with van der Waals surface area (Å²) in [7, 11) is 2.04. The van der Waals surface area contributed by atoms with E-state index in [1.807, 2.05) is 37.4 Å². The normalized spacial score (nSPS) is 26.8. The van der Waals surface area contributed by atoms with E-state index in [-0.39, 0.29) is 0 Å². The van der Waals surface area contributed by atoms with Gasteiger partial charge in [-0.25, -0.2) is 5.01 Å². The number of ether oxygens (including phenoxy) is 1. The van der Waals surface area contributed by atoms with Gasteiger partial charge in [0, 0.05) is 13.6 Å². The highest BCUT2D eigenvalue weighted by Gasteiger charge is 2.33. The van der Waals surface area contributed by atoms with Crippen LogP contribution in [-0.2, 0) is 4.74 Å². The van der Waals surface area contributed by atoms with Crippen molar-refractivity contribution in [2.75, 3.05) is 20.2 Å². The maximum atomic E-state index is 5.80. The lowest BCUT2D eigenvalue weighted by molar-refractivity contribution is -0.0782. The van der Waals surface area contributed by atoms with Crippen molar-refractivity contribution in [2.24, 2.45) is 4.99 Å². The van der Waals surface area contributed by atoms with E-state index in [0.717, 1.165) is 18.8 Å². The molecule has 3 rings (SSSR count). The molecule has 2 heterocycles. The van der Waals surface area contributed by atoms with E-state index < -0.39 is 0 Å². The Morgan fingerprint density at radius 1 is 1.22 bits per heavy atom. The van der Waals surface area contributed by atoms with Crippen molar-refractivity contribution in [1.82, 2.24) is 10.0 Å². The van der Waals surface area contributed by atoms with Crippen LogP contribution in [0.1, 0.15) is 19.3 Å². The number of rotatable bonds is 1. The lowest BCUT2D eigenvalue weighted by Gasteiger charge is -2.45. The maximum Gasteiger partial charge on any atom is 0.307 e. The van der Waals surface area contributed by atoms with Gasteiger partial charge in [-0.15, -0.1) is 0 Å². The van der Waals surface area contributed by atoms with Crippen LogP contribution in [0.2, 0.25) is 0 Å². The van der Waals surface area contributed by atoms with Crippen LogP contribution in [0.25, 0.3) is 0 Å². The fraction of sp³-hybridized carbons (Fsp3) is 0.500. The number of amidine groups is 1. The Bertz CT molecular complexity index is 432. The second-order valence-corrected chi connectivity index (χ2v) is 4.88. The Hall–Kier alpha value is -1.55. The topological polar surface area (TPSA) is 28.1 Å². The summed E-state index contributed by atoms with van der Waals surface area (Å²) >= 11 is 0. The Kier molecular flexibility index (Phi) is 3.19. The van der Waals surface area contributed by atoms with E-state index in [2.05, 4.69) is 15.0 Å². The van der Waals surface area contributed by atoms with E-state index >= 15 is 0 Å². The monoisotopic (exact) mass is 245 g/mol. The molecule has 0 spiro atoms. The summed E-state index contributed by atoms with van der Waals surface area (Å²) in [5.41, 5.74) is 0.940. The largest absolute Gasteiger partial charge is 0.462 e. The van der Waals surface area contributed by atoms with E-state index in [1.54, 1.807) is 0 Å². The third-order valence-corrected chi connectivity index (χ3v) is 3.64. The van der Waals surface area contributed by atoms with Crippen molar-refractivity contribution < 1.29 is 4.74 Å². The fourth-order valence-corrected chi connectivity index (χ4v) is 2.64. The molecule has 2 saturated heterocycles. The zero-order valence-electron chi connectivity index (χ0n) is 10.7. The third-order valence-electron chi connectivity index (χ3n) is 3.64. The van der Waals surface area contributed by atoms with Gasteiger partial charge in [-0.3, -0.25) is 5.01 Å². The number of benzene rings is 1. The van der Waals surface area contributed by atoms with Gasteiger partial charge in [0.1, 0.15) is 6.61 Å². The predicted molar refractivity (Wildman–Crippen MR) is 71.6 cm³/mol. The van der Waals surface area contributed by atoms with E-state index in [9.17, 15) is 0 Å². The maximum absolute atomic E-state index is 5.80. The van der Waals surface area contributed by atoms with Gasteiger partial charge in [0.2, 0.25) is 0 Å². The van der Waals surface area contributed by atoms with Crippen LogP contribution in [0.5, 0.6) is 0 Å². The summed E-state index contributed by atoms with van der Waals surface area (Å²) in [5.74, 6) is 0. The molecule has 4 heteroatoms. The van der Waals surface area contributed by atoms with Crippen molar-refractivity contribution in [1.29, 1.82) is 0 Å².